The summed E-state index contributed by atoms with van der Waals surface area (Å²) in [4.78, 5) is 7.03. The third-order valence-electron chi connectivity index (χ3n) is 3.90. The van der Waals surface area contributed by atoms with Gasteiger partial charge in [-0.05, 0) is 74.6 Å². The largest absolute Gasteiger partial charge is 0.381 e. The number of aryl methyl sites for hydroxylation is 1. The number of anilines is 1. The number of aromatic nitrogens is 1. The third-order valence-corrected chi connectivity index (χ3v) is 4.35. The fourth-order valence-corrected chi connectivity index (χ4v) is 3.08. The quantitative estimate of drug-likeness (QED) is 0.856. The average molecular weight is 326 g/mol. The molecule has 0 radical (unpaired) electrons. The van der Waals surface area contributed by atoms with Crippen LogP contribution < -0.4 is 5.32 Å². The summed E-state index contributed by atoms with van der Waals surface area (Å²) in [5.41, 5.74) is 2.24. The van der Waals surface area contributed by atoms with Gasteiger partial charge in [0.1, 0.15) is 4.60 Å². The SMILES string of the molecule is Cc1nc(Br)ccc1NC1CCCN(C(C)C)CC1. The van der Waals surface area contributed by atoms with E-state index in [-0.39, 0.29) is 0 Å². The molecule has 1 saturated heterocycles. The van der Waals surface area contributed by atoms with Crippen molar-refractivity contribution in [2.75, 3.05) is 18.4 Å². The van der Waals surface area contributed by atoms with Crippen LogP contribution in [0.5, 0.6) is 0 Å². The predicted octanol–water partition coefficient (Wildman–Crippen LogP) is 3.83. The molecule has 1 aliphatic rings. The Morgan fingerprint density at radius 2 is 2.11 bits per heavy atom. The van der Waals surface area contributed by atoms with E-state index in [0.717, 1.165) is 10.3 Å². The van der Waals surface area contributed by atoms with E-state index >= 15 is 0 Å². The van der Waals surface area contributed by atoms with E-state index in [1.54, 1.807) is 0 Å². The monoisotopic (exact) mass is 325 g/mol. The van der Waals surface area contributed by atoms with Crippen molar-refractivity contribution in [2.45, 2.75) is 52.1 Å². The minimum Gasteiger partial charge on any atom is -0.381 e. The van der Waals surface area contributed by atoms with Gasteiger partial charge in [-0.2, -0.15) is 0 Å². The van der Waals surface area contributed by atoms with Crippen molar-refractivity contribution < 1.29 is 0 Å². The summed E-state index contributed by atoms with van der Waals surface area (Å²) in [5.74, 6) is 0. The second-order valence-electron chi connectivity index (χ2n) is 5.67. The highest BCUT2D eigenvalue weighted by atomic mass is 79.9. The number of likely N-dealkylation sites (tertiary alicyclic amines) is 1. The molecule has 1 N–H and O–H groups in total. The molecule has 1 atom stereocenters. The molecule has 1 fully saturated rings. The van der Waals surface area contributed by atoms with Gasteiger partial charge in [0, 0.05) is 18.6 Å². The van der Waals surface area contributed by atoms with E-state index in [0.29, 0.717) is 12.1 Å². The second kappa shape index (κ2) is 6.71. The highest BCUT2D eigenvalue weighted by Gasteiger charge is 2.18. The van der Waals surface area contributed by atoms with Crippen molar-refractivity contribution in [3.8, 4) is 0 Å². The number of hydrogen-bond donors (Lipinski definition) is 1. The van der Waals surface area contributed by atoms with Crippen LogP contribution >= 0.6 is 15.9 Å². The first-order valence-corrected chi connectivity index (χ1v) is 7.99. The van der Waals surface area contributed by atoms with E-state index in [4.69, 9.17) is 0 Å². The second-order valence-corrected chi connectivity index (χ2v) is 6.48. The fourth-order valence-electron chi connectivity index (χ4n) is 2.68. The van der Waals surface area contributed by atoms with Crippen molar-refractivity contribution in [3.05, 3.63) is 22.4 Å². The van der Waals surface area contributed by atoms with Gasteiger partial charge in [0.05, 0.1) is 11.4 Å². The number of halogens is 1. The Kier molecular flexibility index (Phi) is 5.22. The van der Waals surface area contributed by atoms with Crippen molar-refractivity contribution in [1.82, 2.24) is 9.88 Å². The lowest BCUT2D eigenvalue weighted by Gasteiger charge is -2.24. The lowest BCUT2D eigenvalue weighted by Crippen LogP contribution is -2.32. The summed E-state index contributed by atoms with van der Waals surface area (Å²) in [6, 6.07) is 5.37. The van der Waals surface area contributed by atoms with Gasteiger partial charge in [-0.3, -0.25) is 0 Å². The Hall–Kier alpha value is -0.610. The number of nitrogens with zero attached hydrogens (tertiary/aromatic N) is 2. The fraction of sp³-hybridized carbons (Fsp3) is 0.667. The average Bonchev–Trinajstić information content (AvgIpc) is 2.58. The molecule has 0 amide bonds. The maximum atomic E-state index is 4.45. The Morgan fingerprint density at radius 3 is 2.79 bits per heavy atom. The summed E-state index contributed by atoms with van der Waals surface area (Å²) < 4.78 is 0.905. The molecule has 0 spiro atoms. The summed E-state index contributed by atoms with van der Waals surface area (Å²) >= 11 is 3.41. The number of pyridine rings is 1. The summed E-state index contributed by atoms with van der Waals surface area (Å²) in [7, 11) is 0. The van der Waals surface area contributed by atoms with Crippen LogP contribution in [0.25, 0.3) is 0 Å². The molecule has 4 heteroatoms. The van der Waals surface area contributed by atoms with Gasteiger partial charge in [-0.15, -0.1) is 0 Å². The number of nitrogens with one attached hydrogen (secondary N) is 1. The van der Waals surface area contributed by atoms with Gasteiger partial charge in [0.15, 0.2) is 0 Å². The predicted molar refractivity (Wildman–Crippen MR) is 84.6 cm³/mol. The smallest absolute Gasteiger partial charge is 0.106 e. The van der Waals surface area contributed by atoms with Gasteiger partial charge in [0.25, 0.3) is 0 Å². The third kappa shape index (κ3) is 4.18. The van der Waals surface area contributed by atoms with E-state index < -0.39 is 0 Å². The zero-order valence-corrected chi connectivity index (χ0v) is 13.7. The number of hydrogen-bond acceptors (Lipinski definition) is 3. The molecule has 1 aliphatic heterocycles. The highest BCUT2D eigenvalue weighted by Crippen LogP contribution is 2.21. The first kappa shape index (κ1) is 14.8. The minimum atomic E-state index is 0.574. The van der Waals surface area contributed by atoms with Crippen LogP contribution in [-0.4, -0.2) is 35.1 Å². The Bertz CT molecular complexity index is 420. The highest BCUT2D eigenvalue weighted by molar-refractivity contribution is 9.10. The van der Waals surface area contributed by atoms with E-state index in [1.165, 1.54) is 38.0 Å². The lowest BCUT2D eigenvalue weighted by molar-refractivity contribution is 0.230. The molecule has 3 nitrogen and oxygen atoms in total. The summed E-state index contributed by atoms with van der Waals surface area (Å²) in [6.45, 7) is 9.06. The van der Waals surface area contributed by atoms with Crippen LogP contribution in [0.1, 0.15) is 38.8 Å². The van der Waals surface area contributed by atoms with Crippen LogP contribution in [-0.2, 0) is 0 Å². The molecule has 1 unspecified atom stereocenters. The van der Waals surface area contributed by atoms with E-state index in [9.17, 15) is 0 Å². The van der Waals surface area contributed by atoms with E-state index in [2.05, 4.69) is 58.0 Å². The van der Waals surface area contributed by atoms with Crippen LogP contribution in [0.4, 0.5) is 5.69 Å². The molecule has 0 aromatic carbocycles. The molecule has 0 aliphatic carbocycles. The maximum Gasteiger partial charge on any atom is 0.106 e. The van der Waals surface area contributed by atoms with Crippen LogP contribution in [0.15, 0.2) is 16.7 Å². The van der Waals surface area contributed by atoms with Crippen molar-refractivity contribution in [1.29, 1.82) is 0 Å². The van der Waals surface area contributed by atoms with Crippen LogP contribution in [0, 0.1) is 6.92 Å². The standard InChI is InChI=1S/C15H24BrN3/c1-11(2)19-9-4-5-13(8-10-19)18-14-6-7-15(16)17-12(14)3/h6-7,11,13,18H,4-5,8-10H2,1-3H3. The molecular formula is C15H24BrN3. The topological polar surface area (TPSA) is 28.2 Å². The molecular weight excluding hydrogens is 302 g/mol. The molecule has 1 aromatic heterocycles. The Labute approximate surface area is 124 Å². The zero-order valence-electron chi connectivity index (χ0n) is 12.1. The Balaban J connectivity index is 1.96. The van der Waals surface area contributed by atoms with Crippen molar-refractivity contribution >= 4 is 21.6 Å². The first-order valence-electron chi connectivity index (χ1n) is 7.20. The van der Waals surface area contributed by atoms with Crippen molar-refractivity contribution in [3.63, 3.8) is 0 Å². The van der Waals surface area contributed by atoms with Crippen LogP contribution in [0.3, 0.4) is 0 Å². The molecule has 2 heterocycles. The zero-order chi connectivity index (χ0) is 13.8. The van der Waals surface area contributed by atoms with Gasteiger partial charge in [-0.1, -0.05) is 0 Å². The number of rotatable bonds is 3. The van der Waals surface area contributed by atoms with E-state index in [1.807, 2.05) is 6.07 Å². The van der Waals surface area contributed by atoms with Crippen LogP contribution in [0.2, 0.25) is 0 Å². The maximum absolute atomic E-state index is 4.45. The summed E-state index contributed by atoms with van der Waals surface area (Å²) in [6.07, 6.45) is 3.74. The van der Waals surface area contributed by atoms with Gasteiger partial charge < -0.3 is 10.2 Å². The van der Waals surface area contributed by atoms with Gasteiger partial charge in [-0.25, -0.2) is 4.98 Å². The Morgan fingerprint density at radius 1 is 1.32 bits per heavy atom. The normalized spacial score (nSPS) is 21.4. The summed E-state index contributed by atoms with van der Waals surface area (Å²) in [5, 5.41) is 3.67. The molecule has 2 rings (SSSR count). The molecule has 106 valence electrons. The first-order chi connectivity index (χ1) is 9.06. The molecule has 1 aromatic rings. The molecule has 19 heavy (non-hydrogen) atoms. The molecule has 0 saturated carbocycles. The minimum absolute atomic E-state index is 0.574. The van der Waals surface area contributed by atoms with Crippen molar-refractivity contribution in [2.24, 2.45) is 0 Å². The lowest BCUT2D eigenvalue weighted by atomic mass is 10.1. The molecule has 0 bridgehead atoms. The van der Waals surface area contributed by atoms with Gasteiger partial charge in [0.2, 0.25) is 0 Å². The van der Waals surface area contributed by atoms with Gasteiger partial charge >= 0.3 is 0 Å².